The van der Waals surface area contributed by atoms with Gasteiger partial charge in [-0.05, 0) is 45.7 Å². The van der Waals surface area contributed by atoms with Gasteiger partial charge in [0.2, 0.25) is 18.2 Å². The monoisotopic (exact) mass is 547 g/mol. The molecule has 1 aromatic carbocycles. The van der Waals surface area contributed by atoms with E-state index in [-0.39, 0.29) is 23.0 Å². The maximum Gasteiger partial charge on any atom is 0.450 e. The first kappa shape index (κ1) is 27.1. The van der Waals surface area contributed by atoms with Gasteiger partial charge < -0.3 is 14.5 Å². The molecule has 0 aliphatic carbocycles. The molecule has 39 heavy (non-hydrogen) atoms. The van der Waals surface area contributed by atoms with Crippen molar-refractivity contribution in [2.45, 2.75) is 51.4 Å². The highest BCUT2D eigenvalue weighted by Gasteiger charge is 2.39. The SMILES string of the molecule is CC(C)(C)ON(C=O)C1CCN(c2cc(N3CCOCC3)nc(-n3c(C(F)(F)F)nc4ccccc43)n2)CC1. The lowest BCUT2D eigenvalue weighted by Gasteiger charge is -2.39. The van der Waals surface area contributed by atoms with Crippen LogP contribution in [-0.4, -0.2) is 82.0 Å². The zero-order valence-electron chi connectivity index (χ0n) is 22.2. The van der Waals surface area contributed by atoms with E-state index in [1.54, 1.807) is 18.2 Å². The second-order valence-corrected chi connectivity index (χ2v) is 10.6. The third-order valence-corrected chi connectivity index (χ3v) is 6.67. The number of benzene rings is 1. The van der Waals surface area contributed by atoms with Gasteiger partial charge in [0.15, 0.2) is 0 Å². The number of nitrogens with zero attached hydrogens (tertiary/aromatic N) is 7. The molecule has 2 saturated heterocycles. The van der Waals surface area contributed by atoms with Crippen molar-refractivity contribution in [1.29, 1.82) is 0 Å². The molecule has 0 saturated carbocycles. The molecule has 210 valence electrons. The van der Waals surface area contributed by atoms with Crippen molar-refractivity contribution in [2.24, 2.45) is 0 Å². The summed E-state index contributed by atoms with van der Waals surface area (Å²) >= 11 is 0. The fourth-order valence-electron chi connectivity index (χ4n) is 4.89. The Kier molecular flexibility index (Phi) is 7.38. The topological polar surface area (TPSA) is 88.9 Å². The molecule has 0 N–H and O–H groups in total. The largest absolute Gasteiger partial charge is 0.450 e. The van der Waals surface area contributed by atoms with Crippen LogP contribution in [0.2, 0.25) is 0 Å². The van der Waals surface area contributed by atoms with Crippen molar-refractivity contribution >= 4 is 29.1 Å². The second-order valence-electron chi connectivity index (χ2n) is 10.6. The Labute approximate surface area is 224 Å². The summed E-state index contributed by atoms with van der Waals surface area (Å²) in [7, 11) is 0. The number of ether oxygens (including phenoxy) is 1. The van der Waals surface area contributed by atoms with Gasteiger partial charge in [-0.25, -0.2) is 10.0 Å². The fraction of sp³-hybridized carbons (Fsp3) is 0.538. The number of piperidine rings is 1. The Morgan fingerprint density at radius 3 is 2.18 bits per heavy atom. The van der Waals surface area contributed by atoms with Gasteiger partial charge in [-0.15, -0.1) is 0 Å². The molecular weight excluding hydrogens is 515 g/mol. The number of imidazole rings is 1. The Bertz CT molecular complexity index is 1310. The first-order valence-corrected chi connectivity index (χ1v) is 13.0. The molecule has 0 spiro atoms. The van der Waals surface area contributed by atoms with Crippen LogP contribution in [-0.2, 0) is 20.5 Å². The van der Waals surface area contributed by atoms with Crippen LogP contribution in [0.4, 0.5) is 24.8 Å². The highest BCUT2D eigenvalue weighted by atomic mass is 19.4. The molecule has 0 atom stereocenters. The predicted octanol–water partition coefficient (Wildman–Crippen LogP) is 3.83. The number of amides is 1. The number of para-hydroxylation sites is 2. The number of fused-ring (bicyclic) bond motifs is 1. The lowest BCUT2D eigenvalue weighted by molar-refractivity contribution is -0.234. The molecule has 2 aliphatic heterocycles. The summed E-state index contributed by atoms with van der Waals surface area (Å²) in [5, 5.41) is 1.37. The van der Waals surface area contributed by atoms with Crippen molar-refractivity contribution in [3.05, 3.63) is 36.2 Å². The summed E-state index contributed by atoms with van der Waals surface area (Å²) in [6.45, 7) is 8.83. The highest BCUT2D eigenvalue weighted by Crippen LogP contribution is 2.34. The molecule has 10 nitrogen and oxygen atoms in total. The summed E-state index contributed by atoms with van der Waals surface area (Å²) < 4.78 is 48.8. The summed E-state index contributed by atoms with van der Waals surface area (Å²) in [6, 6.07) is 8.12. The zero-order valence-corrected chi connectivity index (χ0v) is 22.2. The van der Waals surface area contributed by atoms with Crippen LogP contribution < -0.4 is 9.80 Å². The number of halogens is 3. The third kappa shape index (κ3) is 5.93. The van der Waals surface area contributed by atoms with E-state index in [0.29, 0.717) is 70.3 Å². The van der Waals surface area contributed by atoms with Crippen molar-refractivity contribution in [3.63, 3.8) is 0 Å². The Morgan fingerprint density at radius 1 is 0.974 bits per heavy atom. The molecule has 4 heterocycles. The number of anilines is 2. The first-order valence-electron chi connectivity index (χ1n) is 13.0. The minimum absolute atomic E-state index is 0.0947. The van der Waals surface area contributed by atoms with E-state index >= 15 is 0 Å². The average Bonchev–Trinajstić information content (AvgIpc) is 3.32. The number of hydroxylamine groups is 2. The van der Waals surface area contributed by atoms with E-state index in [0.717, 1.165) is 4.57 Å². The molecule has 2 aromatic heterocycles. The minimum atomic E-state index is -4.71. The summed E-state index contributed by atoms with van der Waals surface area (Å²) in [5.74, 6) is -0.131. The molecule has 0 bridgehead atoms. The molecule has 3 aromatic rings. The van der Waals surface area contributed by atoms with Crippen LogP contribution in [0.15, 0.2) is 30.3 Å². The number of rotatable bonds is 6. The molecule has 2 aliphatic rings. The van der Waals surface area contributed by atoms with Crippen LogP contribution in [0.3, 0.4) is 0 Å². The molecule has 5 rings (SSSR count). The van der Waals surface area contributed by atoms with E-state index < -0.39 is 17.6 Å². The second kappa shape index (κ2) is 10.6. The Morgan fingerprint density at radius 2 is 1.59 bits per heavy atom. The van der Waals surface area contributed by atoms with Gasteiger partial charge in [-0.1, -0.05) is 12.1 Å². The normalized spacial score (nSPS) is 17.6. The maximum absolute atomic E-state index is 14.1. The van der Waals surface area contributed by atoms with Crippen molar-refractivity contribution in [3.8, 4) is 5.95 Å². The van der Waals surface area contributed by atoms with Crippen LogP contribution in [0.5, 0.6) is 0 Å². The lowest BCUT2D eigenvalue weighted by atomic mass is 10.0. The van der Waals surface area contributed by atoms with E-state index in [1.807, 2.05) is 36.6 Å². The molecular formula is C26H32F3N7O3. The van der Waals surface area contributed by atoms with Gasteiger partial charge in [-0.3, -0.25) is 14.2 Å². The number of alkyl halides is 3. The van der Waals surface area contributed by atoms with Crippen molar-refractivity contribution < 1.29 is 27.5 Å². The van der Waals surface area contributed by atoms with Gasteiger partial charge >= 0.3 is 6.18 Å². The van der Waals surface area contributed by atoms with E-state index in [1.165, 1.54) is 11.1 Å². The number of carbonyl (C=O) groups is 1. The summed E-state index contributed by atoms with van der Waals surface area (Å²) in [6.07, 6.45) is -2.78. The smallest absolute Gasteiger partial charge is 0.378 e. The van der Waals surface area contributed by atoms with E-state index in [2.05, 4.69) is 15.0 Å². The van der Waals surface area contributed by atoms with Gasteiger partial charge in [0.25, 0.3) is 0 Å². The number of hydrogen-bond donors (Lipinski definition) is 0. The molecule has 0 radical (unpaired) electrons. The van der Waals surface area contributed by atoms with E-state index in [9.17, 15) is 18.0 Å². The maximum atomic E-state index is 14.1. The number of hydrogen-bond acceptors (Lipinski definition) is 8. The van der Waals surface area contributed by atoms with Gasteiger partial charge in [0, 0.05) is 32.2 Å². The van der Waals surface area contributed by atoms with Crippen LogP contribution in [0, 0.1) is 0 Å². The quantitative estimate of drug-likeness (QED) is 0.340. The van der Waals surface area contributed by atoms with Crippen LogP contribution >= 0.6 is 0 Å². The Hall–Kier alpha value is -3.45. The lowest BCUT2D eigenvalue weighted by Crippen LogP contribution is -2.47. The first-order chi connectivity index (χ1) is 18.5. The average molecular weight is 548 g/mol. The van der Waals surface area contributed by atoms with Crippen LogP contribution in [0.25, 0.3) is 17.0 Å². The molecule has 13 heteroatoms. The van der Waals surface area contributed by atoms with Crippen LogP contribution in [0.1, 0.15) is 39.4 Å². The van der Waals surface area contributed by atoms with Gasteiger partial charge in [0.05, 0.1) is 35.9 Å². The van der Waals surface area contributed by atoms with Crippen molar-refractivity contribution in [1.82, 2.24) is 24.6 Å². The van der Waals surface area contributed by atoms with Gasteiger partial charge in [-0.2, -0.15) is 23.1 Å². The van der Waals surface area contributed by atoms with Crippen molar-refractivity contribution in [2.75, 3.05) is 49.2 Å². The number of morpholine rings is 1. The number of aromatic nitrogens is 4. The fourth-order valence-corrected chi connectivity index (χ4v) is 4.89. The third-order valence-electron chi connectivity index (χ3n) is 6.67. The standard InChI is InChI=1S/C26H32F3N7O3/c1-25(2,3)39-35(17-37)18-8-10-33(11-9-18)21-16-22(34-12-14-38-15-13-34)32-24(31-21)36-20-7-5-4-6-19(20)30-23(36)26(27,28)29/h4-7,16-18H,8-15H2,1-3H3. The Balaban J connectivity index is 1.52. The zero-order chi connectivity index (χ0) is 27.8. The molecule has 2 fully saturated rings. The highest BCUT2D eigenvalue weighted by molar-refractivity contribution is 5.78. The van der Waals surface area contributed by atoms with Gasteiger partial charge in [0.1, 0.15) is 11.6 Å². The summed E-state index contributed by atoms with van der Waals surface area (Å²) in [5.41, 5.74) is -0.0360. The minimum Gasteiger partial charge on any atom is -0.378 e. The van der Waals surface area contributed by atoms with E-state index in [4.69, 9.17) is 9.57 Å². The molecule has 0 unspecified atom stereocenters. The predicted molar refractivity (Wildman–Crippen MR) is 139 cm³/mol. The summed E-state index contributed by atoms with van der Waals surface area (Å²) in [4.78, 5) is 34.6. The molecule has 1 amide bonds. The number of carbonyl (C=O) groups excluding carboxylic acids is 1.